The number of aromatic nitrogens is 3. The number of benzene rings is 1. The van der Waals surface area contributed by atoms with Crippen LogP contribution in [0.4, 0.5) is 5.95 Å². The number of anilines is 1. The molecule has 2 N–H and O–H groups in total. The Labute approximate surface area is 111 Å². The third kappa shape index (κ3) is 2.05. The van der Waals surface area contributed by atoms with Crippen LogP contribution in [-0.4, -0.2) is 14.5 Å². The molecule has 0 fully saturated rings. The van der Waals surface area contributed by atoms with Crippen molar-refractivity contribution in [2.45, 2.75) is 20.4 Å². The van der Waals surface area contributed by atoms with Crippen molar-refractivity contribution >= 4 is 17.0 Å². The molecule has 0 atom stereocenters. The number of fused-ring (bicyclic) bond motifs is 1. The number of hydrogen-bond acceptors (Lipinski definition) is 3. The van der Waals surface area contributed by atoms with Gasteiger partial charge in [-0.2, -0.15) is 0 Å². The summed E-state index contributed by atoms with van der Waals surface area (Å²) in [6.45, 7) is 4.75. The normalized spacial score (nSPS) is 11.1. The minimum absolute atomic E-state index is 0.546. The van der Waals surface area contributed by atoms with E-state index in [1.807, 2.05) is 35.9 Å². The average molecular weight is 252 g/mol. The molecule has 0 aliphatic heterocycles. The summed E-state index contributed by atoms with van der Waals surface area (Å²) in [6, 6.07) is 10.2. The lowest BCUT2D eigenvalue weighted by atomic mass is 10.2. The molecular formula is C15H16N4. The lowest BCUT2D eigenvalue weighted by Crippen LogP contribution is -2.05. The first-order valence-electron chi connectivity index (χ1n) is 6.28. The zero-order valence-electron chi connectivity index (χ0n) is 11.1. The van der Waals surface area contributed by atoms with Crippen LogP contribution in [0, 0.1) is 13.8 Å². The van der Waals surface area contributed by atoms with Crippen molar-refractivity contribution in [2.75, 3.05) is 5.73 Å². The summed E-state index contributed by atoms with van der Waals surface area (Å²) in [5, 5.41) is 0. The lowest BCUT2D eigenvalue weighted by molar-refractivity contribution is 0.829. The van der Waals surface area contributed by atoms with Crippen LogP contribution in [0.5, 0.6) is 0 Å². The van der Waals surface area contributed by atoms with Gasteiger partial charge in [-0.25, -0.2) is 4.98 Å². The zero-order chi connectivity index (χ0) is 13.4. The molecule has 0 spiro atoms. The van der Waals surface area contributed by atoms with E-state index in [-0.39, 0.29) is 0 Å². The molecule has 4 heteroatoms. The van der Waals surface area contributed by atoms with E-state index >= 15 is 0 Å². The number of imidazole rings is 1. The summed E-state index contributed by atoms with van der Waals surface area (Å²) in [4.78, 5) is 8.73. The largest absolute Gasteiger partial charge is 0.369 e. The van der Waals surface area contributed by atoms with E-state index in [1.54, 1.807) is 0 Å². The van der Waals surface area contributed by atoms with Crippen LogP contribution in [0.3, 0.4) is 0 Å². The second kappa shape index (κ2) is 4.39. The molecule has 0 amide bonds. The van der Waals surface area contributed by atoms with Crippen molar-refractivity contribution in [3.05, 3.63) is 53.3 Å². The van der Waals surface area contributed by atoms with Gasteiger partial charge >= 0.3 is 0 Å². The summed E-state index contributed by atoms with van der Waals surface area (Å²) >= 11 is 0. The number of nitrogen functional groups attached to an aromatic ring is 1. The van der Waals surface area contributed by atoms with Crippen LogP contribution < -0.4 is 5.73 Å². The molecule has 0 aliphatic rings. The molecule has 0 unspecified atom stereocenters. The molecule has 96 valence electrons. The fourth-order valence-corrected chi connectivity index (χ4v) is 2.32. The predicted molar refractivity (Wildman–Crippen MR) is 77.0 cm³/mol. The summed E-state index contributed by atoms with van der Waals surface area (Å²) in [5.74, 6) is 0.546. The maximum absolute atomic E-state index is 6.03. The summed E-state index contributed by atoms with van der Waals surface area (Å²) < 4.78 is 2.04. The fourth-order valence-electron chi connectivity index (χ4n) is 2.32. The number of para-hydroxylation sites is 1. The standard InChI is InChI=1S/C15H16N4/c1-10-4-3-5-13-14(10)19(15(16)18-13)9-12-7-6-11(2)17-8-12/h3-8H,9H2,1-2H3,(H2,16,18). The van der Waals surface area contributed by atoms with Gasteiger partial charge in [-0.1, -0.05) is 18.2 Å². The number of pyridine rings is 1. The molecule has 0 radical (unpaired) electrons. The van der Waals surface area contributed by atoms with Crippen LogP contribution in [0.25, 0.3) is 11.0 Å². The van der Waals surface area contributed by atoms with Crippen LogP contribution in [0.15, 0.2) is 36.5 Å². The van der Waals surface area contributed by atoms with Crippen molar-refractivity contribution in [1.82, 2.24) is 14.5 Å². The monoisotopic (exact) mass is 252 g/mol. The topological polar surface area (TPSA) is 56.7 Å². The van der Waals surface area contributed by atoms with Gasteiger partial charge in [-0.15, -0.1) is 0 Å². The van der Waals surface area contributed by atoms with Gasteiger partial charge in [0.1, 0.15) is 0 Å². The van der Waals surface area contributed by atoms with E-state index in [2.05, 4.69) is 29.0 Å². The van der Waals surface area contributed by atoms with Gasteiger partial charge < -0.3 is 10.3 Å². The highest BCUT2D eigenvalue weighted by atomic mass is 15.2. The first kappa shape index (κ1) is 11.7. The molecule has 0 aliphatic carbocycles. The molecule has 0 saturated carbocycles. The Kier molecular flexibility index (Phi) is 2.71. The van der Waals surface area contributed by atoms with Gasteiger partial charge in [-0.3, -0.25) is 4.98 Å². The molecule has 0 saturated heterocycles. The first-order chi connectivity index (χ1) is 9.15. The molecule has 2 aromatic heterocycles. The Morgan fingerprint density at radius 3 is 2.74 bits per heavy atom. The third-order valence-corrected chi connectivity index (χ3v) is 3.31. The van der Waals surface area contributed by atoms with E-state index in [1.165, 1.54) is 5.56 Å². The molecule has 3 rings (SSSR count). The van der Waals surface area contributed by atoms with Crippen LogP contribution >= 0.6 is 0 Å². The van der Waals surface area contributed by atoms with Gasteiger partial charge in [0.2, 0.25) is 5.95 Å². The Balaban J connectivity index is 2.09. The number of aryl methyl sites for hydroxylation is 2. The summed E-state index contributed by atoms with van der Waals surface area (Å²) in [5.41, 5.74) is 11.4. The molecule has 4 nitrogen and oxygen atoms in total. The second-order valence-electron chi connectivity index (χ2n) is 4.81. The molecular weight excluding hydrogens is 236 g/mol. The third-order valence-electron chi connectivity index (χ3n) is 3.31. The van der Waals surface area contributed by atoms with Crippen LogP contribution in [0.2, 0.25) is 0 Å². The minimum Gasteiger partial charge on any atom is -0.369 e. The molecule has 2 heterocycles. The number of rotatable bonds is 2. The Morgan fingerprint density at radius 2 is 2.00 bits per heavy atom. The molecule has 1 aromatic carbocycles. The summed E-state index contributed by atoms with van der Waals surface area (Å²) in [7, 11) is 0. The highest BCUT2D eigenvalue weighted by Gasteiger charge is 2.10. The van der Waals surface area contributed by atoms with Gasteiger partial charge in [0.05, 0.1) is 17.6 Å². The SMILES string of the molecule is Cc1ccc(Cn2c(N)nc3cccc(C)c32)cn1. The molecule has 19 heavy (non-hydrogen) atoms. The van der Waals surface area contributed by atoms with E-state index in [4.69, 9.17) is 5.73 Å². The lowest BCUT2D eigenvalue weighted by Gasteiger charge is -2.08. The second-order valence-corrected chi connectivity index (χ2v) is 4.81. The molecule has 0 bridgehead atoms. The number of nitrogens with zero attached hydrogens (tertiary/aromatic N) is 3. The Hall–Kier alpha value is -2.36. The van der Waals surface area contributed by atoms with Gasteiger partial charge in [0.25, 0.3) is 0 Å². The van der Waals surface area contributed by atoms with Crippen molar-refractivity contribution in [3.8, 4) is 0 Å². The quantitative estimate of drug-likeness (QED) is 0.763. The van der Waals surface area contributed by atoms with Crippen LogP contribution in [0.1, 0.15) is 16.8 Å². The zero-order valence-corrected chi connectivity index (χ0v) is 11.1. The Bertz CT molecular complexity index is 726. The van der Waals surface area contributed by atoms with E-state index < -0.39 is 0 Å². The smallest absolute Gasteiger partial charge is 0.201 e. The average Bonchev–Trinajstić information content (AvgIpc) is 2.70. The maximum atomic E-state index is 6.03. The first-order valence-corrected chi connectivity index (χ1v) is 6.28. The van der Waals surface area contributed by atoms with Crippen molar-refractivity contribution in [1.29, 1.82) is 0 Å². The number of nitrogens with two attached hydrogens (primary N) is 1. The van der Waals surface area contributed by atoms with E-state index in [0.717, 1.165) is 22.3 Å². The Morgan fingerprint density at radius 1 is 1.16 bits per heavy atom. The van der Waals surface area contributed by atoms with Gasteiger partial charge in [0, 0.05) is 11.9 Å². The van der Waals surface area contributed by atoms with Crippen molar-refractivity contribution in [2.24, 2.45) is 0 Å². The minimum atomic E-state index is 0.546. The fraction of sp³-hybridized carbons (Fsp3) is 0.200. The highest BCUT2D eigenvalue weighted by Crippen LogP contribution is 2.22. The maximum Gasteiger partial charge on any atom is 0.201 e. The predicted octanol–water partition coefficient (Wildman–Crippen LogP) is 2.68. The van der Waals surface area contributed by atoms with Gasteiger partial charge in [0.15, 0.2) is 0 Å². The van der Waals surface area contributed by atoms with E-state index in [0.29, 0.717) is 12.5 Å². The van der Waals surface area contributed by atoms with E-state index in [9.17, 15) is 0 Å². The van der Waals surface area contributed by atoms with Gasteiger partial charge in [-0.05, 0) is 37.1 Å². The van der Waals surface area contributed by atoms with Crippen LogP contribution in [-0.2, 0) is 6.54 Å². The molecule has 3 aromatic rings. The number of hydrogen-bond donors (Lipinski definition) is 1. The summed E-state index contributed by atoms with van der Waals surface area (Å²) in [6.07, 6.45) is 1.89. The van der Waals surface area contributed by atoms with Crippen molar-refractivity contribution in [3.63, 3.8) is 0 Å². The van der Waals surface area contributed by atoms with Crippen molar-refractivity contribution < 1.29 is 0 Å². The highest BCUT2D eigenvalue weighted by molar-refractivity contribution is 5.81.